The number of nitrogens with zero attached hydrogens (tertiary/aromatic N) is 1. The largest absolute Gasteiger partial charge is 0.454 e. The van der Waals surface area contributed by atoms with Crippen molar-refractivity contribution in [2.45, 2.75) is 32.1 Å². The lowest BCUT2D eigenvalue weighted by Gasteiger charge is -2.18. The van der Waals surface area contributed by atoms with Crippen LogP contribution < -0.4 is 0 Å². The van der Waals surface area contributed by atoms with E-state index in [9.17, 15) is 18.0 Å². The zero-order valence-electron chi connectivity index (χ0n) is 16.3. The number of carbonyl (C=O) groups excluding carboxylic acids is 2. The number of hydrogen-bond donors (Lipinski definition) is 0. The standard InChI is InChI=1S/C21H25NO5S/c1-4-16-7-9-17(10-8-16)20(23)15-27-21(24)18-11-13-19(14-12-18)28(25,26)22(5-2)6-3/h7-14H,4-6,15H2,1-3H3. The van der Waals surface area contributed by atoms with Crippen molar-refractivity contribution in [1.29, 1.82) is 0 Å². The fraction of sp³-hybridized carbons (Fsp3) is 0.333. The minimum Gasteiger partial charge on any atom is -0.454 e. The van der Waals surface area contributed by atoms with Gasteiger partial charge in [-0.05, 0) is 36.2 Å². The van der Waals surface area contributed by atoms with Crippen LogP contribution in [0.1, 0.15) is 47.1 Å². The summed E-state index contributed by atoms with van der Waals surface area (Å²) in [6.45, 7) is 5.91. The van der Waals surface area contributed by atoms with Crippen LogP contribution in [0, 0.1) is 0 Å². The highest BCUT2D eigenvalue weighted by molar-refractivity contribution is 7.89. The van der Waals surface area contributed by atoms with Gasteiger partial charge < -0.3 is 4.74 Å². The average Bonchev–Trinajstić information content (AvgIpc) is 2.72. The lowest BCUT2D eigenvalue weighted by atomic mass is 10.1. The van der Waals surface area contributed by atoms with Crippen LogP contribution in [0.25, 0.3) is 0 Å². The van der Waals surface area contributed by atoms with Gasteiger partial charge in [0.2, 0.25) is 10.0 Å². The smallest absolute Gasteiger partial charge is 0.338 e. The maximum Gasteiger partial charge on any atom is 0.338 e. The van der Waals surface area contributed by atoms with Gasteiger partial charge >= 0.3 is 5.97 Å². The van der Waals surface area contributed by atoms with E-state index >= 15 is 0 Å². The first-order chi connectivity index (χ1) is 13.3. The molecule has 0 fully saturated rings. The summed E-state index contributed by atoms with van der Waals surface area (Å²) >= 11 is 0. The van der Waals surface area contributed by atoms with E-state index in [1.807, 2.05) is 19.1 Å². The number of sulfonamides is 1. The zero-order chi connectivity index (χ0) is 20.7. The van der Waals surface area contributed by atoms with Crippen LogP contribution in [-0.4, -0.2) is 44.2 Å². The van der Waals surface area contributed by atoms with Crippen molar-refractivity contribution in [1.82, 2.24) is 4.31 Å². The van der Waals surface area contributed by atoms with Crippen molar-refractivity contribution in [3.05, 3.63) is 65.2 Å². The van der Waals surface area contributed by atoms with Gasteiger partial charge in [0.25, 0.3) is 0 Å². The van der Waals surface area contributed by atoms with E-state index < -0.39 is 16.0 Å². The Morgan fingerprint density at radius 3 is 1.89 bits per heavy atom. The lowest BCUT2D eigenvalue weighted by molar-refractivity contribution is 0.0474. The molecule has 6 nitrogen and oxygen atoms in total. The molecule has 0 atom stereocenters. The van der Waals surface area contributed by atoms with Gasteiger partial charge in [-0.15, -0.1) is 0 Å². The van der Waals surface area contributed by atoms with Crippen LogP contribution in [0.4, 0.5) is 0 Å². The second-order valence-electron chi connectivity index (χ2n) is 6.16. The molecule has 2 aromatic carbocycles. The average molecular weight is 404 g/mol. The van der Waals surface area contributed by atoms with Crippen LogP contribution in [0.3, 0.4) is 0 Å². The fourth-order valence-electron chi connectivity index (χ4n) is 2.70. The van der Waals surface area contributed by atoms with E-state index in [0.717, 1.165) is 12.0 Å². The van der Waals surface area contributed by atoms with Gasteiger partial charge in [0, 0.05) is 18.7 Å². The van der Waals surface area contributed by atoms with E-state index in [1.165, 1.54) is 28.6 Å². The lowest BCUT2D eigenvalue weighted by Crippen LogP contribution is -2.30. The van der Waals surface area contributed by atoms with Crippen molar-refractivity contribution in [2.24, 2.45) is 0 Å². The summed E-state index contributed by atoms with van der Waals surface area (Å²) in [5.41, 5.74) is 1.78. The normalized spacial score (nSPS) is 11.4. The summed E-state index contributed by atoms with van der Waals surface area (Å²) in [7, 11) is -3.58. The van der Waals surface area contributed by atoms with Crippen molar-refractivity contribution >= 4 is 21.8 Å². The van der Waals surface area contributed by atoms with Gasteiger partial charge in [0.05, 0.1) is 10.5 Å². The summed E-state index contributed by atoms with van der Waals surface area (Å²) < 4.78 is 31.3. The molecule has 150 valence electrons. The molecule has 28 heavy (non-hydrogen) atoms. The van der Waals surface area contributed by atoms with E-state index in [2.05, 4.69) is 0 Å². The SMILES string of the molecule is CCc1ccc(C(=O)COC(=O)c2ccc(S(=O)(=O)N(CC)CC)cc2)cc1. The highest BCUT2D eigenvalue weighted by Crippen LogP contribution is 2.17. The van der Waals surface area contributed by atoms with Crippen LogP contribution in [0.5, 0.6) is 0 Å². The minimum atomic E-state index is -3.58. The van der Waals surface area contributed by atoms with Crippen LogP contribution >= 0.6 is 0 Å². The molecule has 2 rings (SSSR count). The van der Waals surface area contributed by atoms with Crippen molar-refractivity contribution < 1.29 is 22.7 Å². The monoisotopic (exact) mass is 403 g/mol. The van der Waals surface area contributed by atoms with Crippen molar-refractivity contribution in [2.75, 3.05) is 19.7 Å². The van der Waals surface area contributed by atoms with E-state index in [4.69, 9.17) is 4.74 Å². The summed E-state index contributed by atoms with van der Waals surface area (Å²) in [6.07, 6.45) is 0.878. The Bertz CT molecular complexity index is 914. The molecule has 0 N–H and O–H groups in total. The van der Waals surface area contributed by atoms with Crippen LogP contribution in [-0.2, 0) is 21.2 Å². The number of aryl methyl sites for hydroxylation is 1. The second-order valence-corrected chi connectivity index (χ2v) is 8.10. The third kappa shape index (κ3) is 5.05. The predicted molar refractivity (Wildman–Crippen MR) is 107 cm³/mol. The van der Waals surface area contributed by atoms with Crippen molar-refractivity contribution in [3.8, 4) is 0 Å². The molecule has 0 aromatic heterocycles. The molecule has 7 heteroatoms. The number of Topliss-reactive ketones (excluding diaryl/α,β-unsaturated/α-hetero) is 1. The Kier molecular flexibility index (Phi) is 7.48. The predicted octanol–water partition coefficient (Wildman–Crippen LogP) is 3.32. The Morgan fingerprint density at radius 1 is 0.857 bits per heavy atom. The maximum absolute atomic E-state index is 12.5. The van der Waals surface area contributed by atoms with Gasteiger partial charge in [-0.3, -0.25) is 4.79 Å². The highest BCUT2D eigenvalue weighted by Gasteiger charge is 2.22. The summed E-state index contributed by atoms with van der Waals surface area (Å²) in [5.74, 6) is -0.970. The molecular formula is C21H25NO5S. The van der Waals surface area contributed by atoms with E-state index in [0.29, 0.717) is 18.7 Å². The Balaban J connectivity index is 2.02. The quantitative estimate of drug-likeness (QED) is 0.474. The number of ketones is 1. The molecule has 0 saturated carbocycles. The molecule has 0 unspecified atom stereocenters. The Morgan fingerprint density at radius 2 is 1.39 bits per heavy atom. The van der Waals surface area contributed by atoms with Gasteiger partial charge in [-0.25, -0.2) is 13.2 Å². The first-order valence-corrected chi connectivity index (χ1v) is 10.7. The molecule has 0 aliphatic rings. The van der Waals surface area contributed by atoms with E-state index in [-0.39, 0.29) is 22.8 Å². The van der Waals surface area contributed by atoms with Crippen molar-refractivity contribution in [3.63, 3.8) is 0 Å². The zero-order valence-corrected chi connectivity index (χ0v) is 17.2. The van der Waals surface area contributed by atoms with E-state index in [1.54, 1.807) is 26.0 Å². The Labute approximate surface area is 166 Å². The molecule has 0 saturated heterocycles. The Hall–Kier alpha value is -2.51. The van der Waals surface area contributed by atoms with Crippen LogP contribution in [0.15, 0.2) is 53.4 Å². The van der Waals surface area contributed by atoms with Gasteiger partial charge in [-0.2, -0.15) is 4.31 Å². The summed E-state index contributed by atoms with van der Waals surface area (Å²) in [4.78, 5) is 24.4. The van der Waals surface area contributed by atoms with Gasteiger partial charge in [0.1, 0.15) is 0 Å². The number of hydrogen-bond acceptors (Lipinski definition) is 5. The summed E-state index contributed by atoms with van der Waals surface area (Å²) in [5, 5.41) is 0. The number of carbonyl (C=O) groups is 2. The molecule has 0 bridgehead atoms. The number of rotatable bonds is 9. The molecule has 0 radical (unpaired) electrons. The highest BCUT2D eigenvalue weighted by atomic mass is 32.2. The number of esters is 1. The molecule has 0 spiro atoms. The third-order valence-corrected chi connectivity index (χ3v) is 6.52. The topological polar surface area (TPSA) is 80.8 Å². The first kappa shape index (κ1) is 21.8. The molecule has 0 aliphatic heterocycles. The third-order valence-electron chi connectivity index (χ3n) is 4.45. The molecule has 0 heterocycles. The van der Waals surface area contributed by atoms with Gasteiger partial charge in [0.15, 0.2) is 12.4 Å². The summed E-state index contributed by atoms with van der Waals surface area (Å²) in [6, 6.07) is 12.7. The first-order valence-electron chi connectivity index (χ1n) is 9.22. The van der Waals surface area contributed by atoms with Gasteiger partial charge in [-0.1, -0.05) is 45.0 Å². The van der Waals surface area contributed by atoms with Crippen LogP contribution in [0.2, 0.25) is 0 Å². The fourth-order valence-corrected chi connectivity index (χ4v) is 4.16. The molecule has 0 aliphatic carbocycles. The molecular weight excluding hydrogens is 378 g/mol. The molecule has 2 aromatic rings. The molecule has 0 amide bonds. The number of benzene rings is 2. The number of ether oxygens (including phenoxy) is 1. The second kappa shape index (κ2) is 9.61. The maximum atomic E-state index is 12.5. The minimum absolute atomic E-state index is 0.111.